The van der Waals surface area contributed by atoms with E-state index in [4.69, 9.17) is 0 Å². The van der Waals surface area contributed by atoms with Gasteiger partial charge in [-0.25, -0.2) is 8.78 Å². The highest BCUT2D eigenvalue weighted by Crippen LogP contribution is 2.43. The van der Waals surface area contributed by atoms with E-state index in [1.54, 1.807) is 20.8 Å². The molecule has 0 radical (unpaired) electrons. The molecule has 1 aromatic carbocycles. The third-order valence-electron chi connectivity index (χ3n) is 2.76. The van der Waals surface area contributed by atoms with Crippen LogP contribution in [0.4, 0.5) is 8.78 Å². The molecule has 102 valence electrons. The Labute approximate surface area is 124 Å². The van der Waals surface area contributed by atoms with Crippen LogP contribution in [0, 0.1) is 11.6 Å². The minimum absolute atomic E-state index is 0.106. The average Bonchev–Trinajstić information content (AvgIpc) is 2.10. The van der Waals surface area contributed by atoms with Crippen LogP contribution in [0.5, 0.6) is 0 Å². The quantitative estimate of drug-likeness (QED) is 0.476. The molecular weight excluding hydrogens is 366 g/mol. The molecule has 4 heteroatoms. The van der Waals surface area contributed by atoms with Crippen molar-refractivity contribution in [2.75, 3.05) is 0 Å². The predicted octanol–water partition coefficient (Wildman–Crippen LogP) is 6.08. The molecule has 1 aromatic rings. The van der Waals surface area contributed by atoms with Crippen LogP contribution >= 0.6 is 31.9 Å². The van der Waals surface area contributed by atoms with Crippen LogP contribution in [-0.4, -0.2) is 0 Å². The molecule has 1 rings (SSSR count). The summed E-state index contributed by atoms with van der Waals surface area (Å²) in [6, 6.07) is 0. The molecule has 0 aromatic heterocycles. The van der Waals surface area contributed by atoms with E-state index in [9.17, 15) is 8.78 Å². The van der Waals surface area contributed by atoms with Crippen LogP contribution in [0.15, 0.2) is 8.95 Å². The van der Waals surface area contributed by atoms with Crippen LogP contribution in [0.2, 0.25) is 0 Å². The second-order valence-corrected chi connectivity index (χ2v) is 8.09. The third kappa shape index (κ3) is 2.79. The van der Waals surface area contributed by atoms with Crippen molar-refractivity contribution in [3.63, 3.8) is 0 Å². The van der Waals surface area contributed by atoms with Gasteiger partial charge in [-0.2, -0.15) is 0 Å². The maximum absolute atomic E-state index is 14.4. The van der Waals surface area contributed by atoms with Gasteiger partial charge < -0.3 is 0 Å². The molecule has 0 atom stereocenters. The Hall–Kier alpha value is 0.0400. The van der Waals surface area contributed by atoms with E-state index >= 15 is 0 Å². The van der Waals surface area contributed by atoms with Crippen LogP contribution in [0.25, 0.3) is 0 Å². The molecular formula is C14H18Br2F2. The van der Waals surface area contributed by atoms with Crippen LogP contribution in [-0.2, 0) is 10.8 Å². The molecule has 0 spiro atoms. The Bertz CT molecular complexity index is 406. The summed E-state index contributed by atoms with van der Waals surface area (Å²) in [7, 11) is 0. The highest BCUT2D eigenvalue weighted by Gasteiger charge is 2.33. The Kier molecular flexibility index (Phi) is 4.34. The Balaban J connectivity index is 3.79. The lowest BCUT2D eigenvalue weighted by Crippen LogP contribution is -2.21. The molecule has 0 bridgehead atoms. The first-order valence-corrected chi connectivity index (χ1v) is 7.34. The van der Waals surface area contributed by atoms with E-state index in [2.05, 4.69) is 31.9 Å². The van der Waals surface area contributed by atoms with Gasteiger partial charge in [-0.05, 0) is 48.3 Å². The second-order valence-electron chi connectivity index (χ2n) is 6.51. The minimum Gasteiger partial charge on any atom is -0.205 e. The van der Waals surface area contributed by atoms with Crippen LogP contribution in [0.1, 0.15) is 52.7 Å². The molecule has 0 unspecified atom stereocenters. The average molecular weight is 384 g/mol. The molecule has 0 aliphatic heterocycles. The number of benzene rings is 1. The summed E-state index contributed by atoms with van der Waals surface area (Å²) >= 11 is 6.55. The smallest absolute Gasteiger partial charge is 0.144 e. The Morgan fingerprint density at radius 2 is 0.944 bits per heavy atom. The van der Waals surface area contributed by atoms with Crippen LogP contribution < -0.4 is 0 Å². The van der Waals surface area contributed by atoms with E-state index < -0.39 is 17.0 Å². The topological polar surface area (TPSA) is 0 Å². The summed E-state index contributed by atoms with van der Waals surface area (Å²) in [6.45, 7) is 11.2. The molecule has 0 nitrogen and oxygen atoms in total. The molecule has 0 aliphatic rings. The SMILES string of the molecule is CC(C)(C)c1c(F)c(Br)c(C(C)(C)C)c(Br)c1F. The van der Waals surface area contributed by atoms with Crippen molar-refractivity contribution in [1.29, 1.82) is 0 Å². The predicted molar refractivity (Wildman–Crippen MR) is 79.2 cm³/mol. The summed E-state index contributed by atoms with van der Waals surface area (Å²) in [5.41, 5.74) is -0.217. The lowest BCUT2D eigenvalue weighted by atomic mass is 9.81. The van der Waals surface area contributed by atoms with E-state index in [1.807, 2.05) is 20.8 Å². The summed E-state index contributed by atoms with van der Waals surface area (Å²) < 4.78 is 29.5. The lowest BCUT2D eigenvalue weighted by molar-refractivity contribution is 0.459. The third-order valence-corrected chi connectivity index (χ3v) is 4.25. The fourth-order valence-corrected chi connectivity index (χ4v) is 4.20. The fourth-order valence-electron chi connectivity index (χ4n) is 1.95. The Morgan fingerprint density at radius 1 is 0.667 bits per heavy atom. The van der Waals surface area contributed by atoms with Gasteiger partial charge in [-0.3, -0.25) is 0 Å². The molecule has 0 saturated carbocycles. The van der Waals surface area contributed by atoms with Gasteiger partial charge in [0, 0.05) is 5.56 Å². The highest BCUT2D eigenvalue weighted by atomic mass is 79.9. The van der Waals surface area contributed by atoms with Gasteiger partial charge in [0.1, 0.15) is 11.6 Å². The van der Waals surface area contributed by atoms with E-state index in [0.717, 1.165) is 0 Å². The molecule has 0 N–H and O–H groups in total. The summed E-state index contributed by atoms with van der Waals surface area (Å²) in [6.07, 6.45) is 0. The highest BCUT2D eigenvalue weighted by molar-refractivity contribution is 9.11. The first-order valence-electron chi connectivity index (χ1n) is 5.76. The number of rotatable bonds is 0. The monoisotopic (exact) mass is 382 g/mol. The summed E-state index contributed by atoms with van der Waals surface area (Å²) in [4.78, 5) is 0. The molecule has 0 fully saturated rings. The first kappa shape index (κ1) is 16.1. The van der Waals surface area contributed by atoms with Gasteiger partial charge in [0.25, 0.3) is 0 Å². The van der Waals surface area contributed by atoms with Crippen molar-refractivity contribution in [2.24, 2.45) is 0 Å². The van der Waals surface area contributed by atoms with E-state index in [1.165, 1.54) is 0 Å². The van der Waals surface area contributed by atoms with Gasteiger partial charge in [0.05, 0.1) is 8.95 Å². The van der Waals surface area contributed by atoms with E-state index in [-0.39, 0.29) is 11.0 Å². The number of halogens is 4. The van der Waals surface area contributed by atoms with Crippen molar-refractivity contribution >= 4 is 31.9 Å². The zero-order valence-corrected chi connectivity index (χ0v) is 14.7. The Morgan fingerprint density at radius 3 is 1.17 bits per heavy atom. The molecule has 18 heavy (non-hydrogen) atoms. The van der Waals surface area contributed by atoms with Crippen LogP contribution in [0.3, 0.4) is 0 Å². The van der Waals surface area contributed by atoms with Crippen molar-refractivity contribution in [3.8, 4) is 0 Å². The van der Waals surface area contributed by atoms with Crippen molar-refractivity contribution in [1.82, 2.24) is 0 Å². The van der Waals surface area contributed by atoms with E-state index in [0.29, 0.717) is 14.5 Å². The largest absolute Gasteiger partial charge is 0.205 e. The molecule has 0 amide bonds. The maximum Gasteiger partial charge on any atom is 0.144 e. The second kappa shape index (κ2) is 4.86. The van der Waals surface area contributed by atoms with Crippen molar-refractivity contribution in [2.45, 2.75) is 52.4 Å². The maximum atomic E-state index is 14.4. The number of hydrogen-bond acceptors (Lipinski definition) is 0. The van der Waals surface area contributed by atoms with Gasteiger partial charge in [-0.1, -0.05) is 41.5 Å². The standard InChI is InChI=1S/C14H18Br2F2/c1-13(2,3)7-9(15)11(17)8(14(4,5)6)12(18)10(7)16/h1-6H3. The van der Waals surface area contributed by atoms with Crippen molar-refractivity contribution in [3.05, 3.63) is 31.7 Å². The summed E-state index contributed by atoms with van der Waals surface area (Å²) in [5.74, 6) is -1.01. The first-order chi connectivity index (χ1) is 7.89. The van der Waals surface area contributed by atoms with Gasteiger partial charge in [-0.15, -0.1) is 0 Å². The molecule has 0 aliphatic carbocycles. The van der Waals surface area contributed by atoms with Crippen molar-refractivity contribution < 1.29 is 8.78 Å². The van der Waals surface area contributed by atoms with Gasteiger partial charge >= 0.3 is 0 Å². The zero-order valence-electron chi connectivity index (χ0n) is 11.5. The zero-order chi connectivity index (χ0) is 14.5. The molecule has 0 heterocycles. The normalized spacial score (nSPS) is 13.0. The lowest BCUT2D eigenvalue weighted by Gasteiger charge is -2.28. The minimum atomic E-state index is -0.588. The molecule has 0 saturated heterocycles. The number of hydrogen-bond donors (Lipinski definition) is 0. The van der Waals surface area contributed by atoms with Gasteiger partial charge in [0.2, 0.25) is 0 Å². The fraction of sp³-hybridized carbons (Fsp3) is 0.571. The van der Waals surface area contributed by atoms with Gasteiger partial charge in [0.15, 0.2) is 0 Å². The summed E-state index contributed by atoms with van der Waals surface area (Å²) in [5, 5.41) is 0.